The van der Waals surface area contributed by atoms with Crippen molar-refractivity contribution in [3.63, 3.8) is 0 Å². The summed E-state index contributed by atoms with van der Waals surface area (Å²) in [6.45, 7) is 0.538. The van der Waals surface area contributed by atoms with Crippen molar-refractivity contribution in [3.05, 3.63) is 63.2 Å². The number of phosphoric ester groups is 2. The van der Waals surface area contributed by atoms with E-state index in [1.54, 1.807) is 0 Å². The molecule has 3 aromatic heterocycles. The molecular weight excluding hydrogens is 930 g/mol. The van der Waals surface area contributed by atoms with E-state index in [4.69, 9.17) is 48.9 Å². The van der Waals surface area contributed by atoms with Crippen LogP contribution in [0.4, 0.5) is 22.1 Å². The predicted octanol–water partition coefficient (Wildman–Crippen LogP) is 0.193. The van der Waals surface area contributed by atoms with Crippen LogP contribution in [0, 0.1) is 16.0 Å². The fourth-order valence-electron chi connectivity index (χ4n) is 6.82. The molecule has 1 aromatic carbocycles. The molecule has 66 heavy (non-hydrogen) atoms. The minimum Gasteiger partial charge on any atom is -0.493 e. The van der Waals surface area contributed by atoms with Crippen LogP contribution in [-0.2, 0) is 53.1 Å². The normalized spacial score (nSPS) is 23.3. The fraction of sp³-hybridized carbons (Fsp3) is 0.500. The minimum atomic E-state index is -5.29. The molecule has 5 heterocycles. The topological polar surface area (TPSA) is 418 Å². The monoisotopic (exact) mass is 974 g/mol. The van der Waals surface area contributed by atoms with Crippen molar-refractivity contribution in [2.45, 2.75) is 75.9 Å². The first kappa shape index (κ1) is 49.5. The van der Waals surface area contributed by atoms with E-state index in [9.17, 15) is 53.4 Å². The Kier molecular flexibility index (Phi) is 15.2. The largest absolute Gasteiger partial charge is 0.493 e. The molecule has 0 bridgehead atoms. The fourth-order valence-corrected chi connectivity index (χ4v) is 8.12. The van der Waals surface area contributed by atoms with Gasteiger partial charge in [0, 0.05) is 12.6 Å². The molecule has 2 aliphatic rings. The number of nitrogens with two attached hydrogens (primary N) is 2. The number of methoxy groups -OCH3 is 2. The summed E-state index contributed by atoms with van der Waals surface area (Å²) in [5, 5.41) is 25.8. The number of anilines is 2. The lowest BCUT2D eigenvalue weighted by Crippen LogP contribution is -2.49. The van der Waals surface area contributed by atoms with E-state index in [0.29, 0.717) is 0 Å². The van der Waals surface area contributed by atoms with Gasteiger partial charge >= 0.3 is 33.4 Å². The third kappa shape index (κ3) is 11.5. The highest BCUT2D eigenvalue weighted by Crippen LogP contribution is 2.50. The molecule has 2 saturated heterocycles. The second-order valence-electron chi connectivity index (χ2n) is 14.7. The van der Waals surface area contributed by atoms with Crippen molar-refractivity contribution in [2.24, 2.45) is 5.92 Å². The lowest BCUT2D eigenvalue weighted by Gasteiger charge is -2.26. The van der Waals surface area contributed by atoms with Gasteiger partial charge in [0.2, 0.25) is 0 Å². The highest BCUT2D eigenvalue weighted by molar-refractivity contribution is 7.47. The van der Waals surface area contributed by atoms with Gasteiger partial charge in [0.05, 0.1) is 50.3 Å². The summed E-state index contributed by atoms with van der Waals surface area (Å²) in [7, 11) is -7.83. The molecule has 2 fully saturated rings. The first-order valence-electron chi connectivity index (χ1n) is 19.2. The molecule has 32 heteroatoms. The smallest absolute Gasteiger partial charge is 0.472 e. The number of amides is 1. The summed E-state index contributed by atoms with van der Waals surface area (Å²) in [4.78, 5) is 95.8. The number of fused-ring (bicyclic) bond motifs is 1. The number of benzene rings is 1. The number of aromatic nitrogens is 6. The molecule has 1 amide bonds. The van der Waals surface area contributed by atoms with E-state index in [2.05, 4.69) is 29.8 Å². The summed E-state index contributed by atoms with van der Waals surface area (Å²) in [5.74, 6) is -1.92. The lowest BCUT2D eigenvalue weighted by atomic mass is 10.0. The number of ether oxygens (including phenoxy) is 6. The first-order chi connectivity index (χ1) is 31.1. The number of rotatable bonds is 19. The highest BCUT2D eigenvalue weighted by Gasteiger charge is 2.50. The Bertz CT molecular complexity index is 2590. The van der Waals surface area contributed by atoms with E-state index in [-0.39, 0.29) is 46.3 Å². The van der Waals surface area contributed by atoms with Crippen LogP contribution < -0.4 is 31.9 Å². The molecule has 0 saturated carbocycles. The van der Waals surface area contributed by atoms with Gasteiger partial charge in [-0.05, 0) is 18.1 Å². The number of nitrogens with one attached hydrogen (secondary N) is 1. The molecule has 0 radical (unpaired) electrons. The molecule has 30 nitrogen and oxygen atoms in total. The van der Waals surface area contributed by atoms with Crippen LogP contribution in [0.1, 0.15) is 38.3 Å². The number of nitrogens with zero attached hydrogens (tertiary/aromatic N) is 7. The van der Waals surface area contributed by atoms with Crippen LogP contribution in [0.25, 0.3) is 11.2 Å². The van der Waals surface area contributed by atoms with Crippen molar-refractivity contribution in [1.29, 1.82) is 0 Å². The number of hydrogen-bond acceptors (Lipinski definition) is 23. The number of carbonyl (C=O) groups is 2. The van der Waals surface area contributed by atoms with Gasteiger partial charge in [-0.2, -0.15) is 4.98 Å². The van der Waals surface area contributed by atoms with Crippen molar-refractivity contribution in [1.82, 2.24) is 34.4 Å². The summed E-state index contributed by atoms with van der Waals surface area (Å²) < 4.78 is 75.4. The average molecular weight is 975 g/mol. The van der Waals surface area contributed by atoms with Crippen LogP contribution in [0.3, 0.4) is 0 Å². The first-order valence-corrected chi connectivity index (χ1v) is 22.3. The van der Waals surface area contributed by atoms with Gasteiger partial charge in [0.15, 0.2) is 35.3 Å². The molecule has 9 unspecified atom stereocenters. The number of nitro groups is 1. The number of nitrogen functional groups attached to an aromatic ring is 2. The van der Waals surface area contributed by atoms with Gasteiger partial charge in [0.1, 0.15) is 61.0 Å². The van der Waals surface area contributed by atoms with E-state index < -0.39 is 119 Å². The second-order valence-corrected chi connectivity index (χ2v) is 17.3. The van der Waals surface area contributed by atoms with Crippen LogP contribution in [0.5, 0.6) is 11.5 Å². The predicted molar refractivity (Wildman–Crippen MR) is 218 cm³/mol. The van der Waals surface area contributed by atoms with Crippen LogP contribution in [0.15, 0.2) is 41.8 Å². The van der Waals surface area contributed by atoms with E-state index in [0.717, 1.165) is 17.0 Å². The van der Waals surface area contributed by atoms with Crippen molar-refractivity contribution < 1.29 is 85.4 Å². The number of phosphoric acid groups is 2. The van der Waals surface area contributed by atoms with Crippen LogP contribution >= 0.6 is 15.6 Å². The van der Waals surface area contributed by atoms with E-state index >= 15 is 0 Å². The van der Waals surface area contributed by atoms with Crippen LogP contribution in [0.2, 0.25) is 0 Å². The quantitative estimate of drug-likeness (QED) is 0.0285. The average Bonchev–Trinajstić information content (AvgIpc) is 3.94. The van der Waals surface area contributed by atoms with Gasteiger partial charge in [-0.1, -0.05) is 13.8 Å². The Hall–Kier alpha value is -5.91. The number of aliphatic hydroxyl groups is 1. The minimum absolute atomic E-state index is 0.0360. The number of alkyl carbamates (subject to hydrolysis) is 1. The number of nitro benzene ring substituents is 1. The maximum absolute atomic E-state index is 13.9. The zero-order valence-corrected chi connectivity index (χ0v) is 36.8. The zero-order valence-electron chi connectivity index (χ0n) is 35.0. The Morgan fingerprint density at radius 1 is 1.03 bits per heavy atom. The van der Waals surface area contributed by atoms with Crippen LogP contribution in [-0.4, -0.2) is 130 Å². The molecule has 360 valence electrons. The van der Waals surface area contributed by atoms with Crippen molar-refractivity contribution >= 4 is 56.2 Å². The van der Waals surface area contributed by atoms with E-state index in [1.807, 2.05) is 0 Å². The number of esters is 1. The van der Waals surface area contributed by atoms with Gasteiger partial charge < -0.3 is 65.0 Å². The third-order valence-electron chi connectivity index (χ3n) is 9.98. The molecule has 4 aromatic rings. The Labute approximate surface area is 371 Å². The molecule has 2 aliphatic heterocycles. The number of aliphatic hydroxyl groups excluding tert-OH is 1. The van der Waals surface area contributed by atoms with Gasteiger partial charge in [0.25, 0.3) is 5.69 Å². The summed E-state index contributed by atoms with van der Waals surface area (Å²) in [6.07, 6.45) is -9.05. The summed E-state index contributed by atoms with van der Waals surface area (Å²) >= 11 is 0. The van der Waals surface area contributed by atoms with Crippen molar-refractivity contribution in [2.75, 3.05) is 38.9 Å². The number of hydrogen-bond donors (Lipinski definition) is 7. The Morgan fingerprint density at radius 3 is 2.38 bits per heavy atom. The number of carbonyl (C=O) groups excluding carboxylic acids is 2. The Balaban J connectivity index is 1.20. The lowest BCUT2D eigenvalue weighted by molar-refractivity contribution is -0.385. The number of imidazole rings is 1. The molecule has 9 atom stereocenters. The zero-order chi connectivity index (χ0) is 48.2. The molecular formula is C34H44N10O20P2. The maximum atomic E-state index is 13.9. The summed E-state index contributed by atoms with van der Waals surface area (Å²) in [6, 6.07) is 2.06. The van der Waals surface area contributed by atoms with Gasteiger partial charge in [-0.25, -0.2) is 38.5 Å². The molecule has 0 aliphatic carbocycles. The molecule has 0 spiro atoms. The van der Waals surface area contributed by atoms with Gasteiger partial charge in [-0.15, -0.1) is 0 Å². The second kappa shape index (κ2) is 20.3. The highest BCUT2D eigenvalue weighted by atomic mass is 31.2. The molecule has 6 rings (SSSR count). The van der Waals surface area contributed by atoms with E-state index in [1.165, 1.54) is 57.3 Å². The maximum Gasteiger partial charge on any atom is 0.472 e. The third-order valence-corrected chi connectivity index (χ3v) is 11.5. The summed E-state index contributed by atoms with van der Waals surface area (Å²) in [5.41, 5.74) is 10.2. The SMILES string of the molecule is COc1cc(COC(=O)NC(C(=O)OC2C(COP(=O)(O)OC3CC(n4ccc(N)nc4=O)OC3COP(=O)(O)O)OC(n3cnc4c(N)ncnc43)C2O)C(C)C)c([N+](=O)[O-])cc1OC. The molecule has 9 N–H and O–H groups in total. The van der Waals surface area contributed by atoms with Gasteiger partial charge in [-0.3, -0.25) is 32.8 Å². The Morgan fingerprint density at radius 2 is 1.73 bits per heavy atom. The standard InChI is InChI=1S/C34H44N10O20P2/c1-15(2)25(41-34(48)58-10-16-7-18(56-3)19(57-4)8-17(16)44(49)50)32(46)63-28-22(62-31(27(28)45)43-14-39-26-29(36)37-13-38-30(26)43)12-60-66(54,55)64-20-9-24(42-6-5-23(35)40-33(42)47)61-21(20)11-59-65(51,52)53/h5-8,13-15,20-22,24-25,27-28,31,45H,9-12H2,1-4H3,(H,41,48)(H,54,55)(H2,35,40,47)(H2,36,37,38)(H2,51,52,53). The van der Waals surface area contributed by atoms with Crippen molar-refractivity contribution in [3.8, 4) is 11.5 Å².